The van der Waals surface area contributed by atoms with Gasteiger partial charge in [-0.2, -0.15) is 8.78 Å². The monoisotopic (exact) mass is 405 g/mol. The summed E-state index contributed by atoms with van der Waals surface area (Å²) in [5.74, 6) is -1.73. The Bertz CT molecular complexity index is 878. The number of fused-ring (bicyclic) bond motifs is 1. The number of rotatable bonds is 8. The summed E-state index contributed by atoms with van der Waals surface area (Å²) in [5, 5.41) is 0. The Morgan fingerprint density at radius 1 is 1.24 bits per heavy atom. The van der Waals surface area contributed by atoms with E-state index in [2.05, 4.69) is 37.2 Å². The van der Waals surface area contributed by atoms with Crippen molar-refractivity contribution >= 4 is 16.9 Å². The van der Waals surface area contributed by atoms with Gasteiger partial charge in [0.15, 0.2) is 5.65 Å². The lowest BCUT2D eigenvalue weighted by molar-refractivity contribution is -0.120. The van der Waals surface area contributed by atoms with Crippen molar-refractivity contribution < 1.29 is 13.6 Å². The normalized spacial score (nSPS) is 16.8. The van der Waals surface area contributed by atoms with Crippen molar-refractivity contribution in [3.63, 3.8) is 0 Å². The van der Waals surface area contributed by atoms with Crippen molar-refractivity contribution in [3.05, 3.63) is 23.7 Å². The van der Waals surface area contributed by atoms with Gasteiger partial charge in [-0.3, -0.25) is 4.79 Å². The second-order valence-corrected chi connectivity index (χ2v) is 9.74. The van der Waals surface area contributed by atoms with Crippen molar-refractivity contribution in [2.24, 2.45) is 5.41 Å². The minimum atomic E-state index is -2.94. The summed E-state index contributed by atoms with van der Waals surface area (Å²) in [5.41, 5.74) is 1.02. The van der Waals surface area contributed by atoms with Gasteiger partial charge in [0.25, 0.3) is 5.92 Å². The van der Waals surface area contributed by atoms with E-state index in [0.717, 1.165) is 25.1 Å². The number of carbonyl (C=O) groups is 1. The van der Waals surface area contributed by atoms with Gasteiger partial charge in [0, 0.05) is 31.2 Å². The van der Waals surface area contributed by atoms with Crippen molar-refractivity contribution in [2.45, 2.75) is 97.4 Å². The molecule has 0 aliphatic heterocycles. The molecule has 0 bridgehead atoms. The summed E-state index contributed by atoms with van der Waals surface area (Å²) in [4.78, 5) is 21.4. The summed E-state index contributed by atoms with van der Waals surface area (Å²) in [6.07, 6.45) is 4.68. The molecule has 1 atom stereocenters. The highest BCUT2D eigenvalue weighted by Crippen LogP contribution is 2.39. The summed E-state index contributed by atoms with van der Waals surface area (Å²) in [6, 6.07) is 3.32. The second kappa shape index (κ2) is 8.11. The number of hydrogen-bond acceptors (Lipinski definition) is 3. The van der Waals surface area contributed by atoms with E-state index in [1.807, 2.05) is 0 Å². The number of hydrogen-bond donors (Lipinski definition) is 0. The molecule has 4 nitrogen and oxygen atoms in total. The lowest BCUT2D eigenvalue weighted by atomic mass is 9.87. The summed E-state index contributed by atoms with van der Waals surface area (Å²) in [6.45, 7) is 9.75. The first-order chi connectivity index (χ1) is 13.5. The highest BCUT2D eigenvalue weighted by molar-refractivity contribution is 5.79. The van der Waals surface area contributed by atoms with E-state index in [4.69, 9.17) is 4.98 Å². The Labute approximate surface area is 172 Å². The molecule has 3 rings (SSSR count). The molecule has 0 N–H and O–H groups in total. The van der Waals surface area contributed by atoms with Crippen LogP contribution in [0, 0.1) is 5.41 Å². The molecule has 0 aromatic carbocycles. The van der Waals surface area contributed by atoms with Gasteiger partial charge in [-0.15, -0.1) is 0 Å². The highest BCUT2D eigenvalue weighted by Gasteiger charge is 2.33. The van der Waals surface area contributed by atoms with E-state index in [-0.39, 0.29) is 35.3 Å². The number of Topliss-reactive ketones (excluding diaryl/α,β-unsaturated/α-hetero) is 1. The van der Waals surface area contributed by atoms with Crippen LogP contribution in [-0.2, 0) is 10.7 Å². The maximum absolute atomic E-state index is 14.2. The second-order valence-electron chi connectivity index (χ2n) is 9.74. The molecule has 1 aliphatic carbocycles. The topological polar surface area (TPSA) is 47.8 Å². The van der Waals surface area contributed by atoms with Crippen LogP contribution in [-0.4, -0.2) is 20.3 Å². The third-order valence-electron chi connectivity index (χ3n) is 5.85. The van der Waals surface area contributed by atoms with Crippen molar-refractivity contribution in [2.75, 3.05) is 0 Å². The molecule has 1 aliphatic rings. The molecule has 0 radical (unpaired) electrons. The number of ketones is 1. The molecule has 0 spiro atoms. The molecule has 0 amide bonds. The van der Waals surface area contributed by atoms with E-state index in [1.165, 1.54) is 13.0 Å². The first-order valence-corrected chi connectivity index (χ1v) is 10.8. The number of halogens is 2. The molecule has 2 aromatic rings. The summed E-state index contributed by atoms with van der Waals surface area (Å²) in [7, 11) is 0. The van der Waals surface area contributed by atoms with Gasteiger partial charge in [0.2, 0.25) is 0 Å². The van der Waals surface area contributed by atoms with Crippen molar-refractivity contribution in [3.8, 4) is 0 Å². The maximum atomic E-state index is 14.2. The molecule has 1 unspecified atom stereocenters. The maximum Gasteiger partial charge on any atom is 0.289 e. The molecule has 6 heteroatoms. The number of aromatic nitrogens is 3. The van der Waals surface area contributed by atoms with E-state index < -0.39 is 5.92 Å². The fourth-order valence-electron chi connectivity index (χ4n) is 3.92. The third-order valence-corrected chi connectivity index (χ3v) is 5.85. The zero-order valence-corrected chi connectivity index (χ0v) is 18.3. The van der Waals surface area contributed by atoms with Crippen LogP contribution in [0.4, 0.5) is 8.78 Å². The van der Waals surface area contributed by atoms with Gasteiger partial charge >= 0.3 is 0 Å². The van der Waals surface area contributed by atoms with Crippen LogP contribution in [0.2, 0.25) is 0 Å². The average Bonchev–Trinajstić information content (AvgIpc) is 2.95. The molecular formula is C23H33F2N3O. The molecule has 2 heterocycles. The summed E-state index contributed by atoms with van der Waals surface area (Å²) >= 11 is 0. The summed E-state index contributed by atoms with van der Waals surface area (Å²) < 4.78 is 30.5. The van der Waals surface area contributed by atoms with Crippen LogP contribution in [0.25, 0.3) is 11.2 Å². The minimum absolute atomic E-state index is 0.00970. The first kappa shape index (κ1) is 21.8. The van der Waals surface area contributed by atoms with E-state index in [1.54, 1.807) is 6.07 Å². The Balaban J connectivity index is 1.89. The van der Waals surface area contributed by atoms with Crippen molar-refractivity contribution in [1.82, 2.24) is 14.5 Å². The van der Waals surface area contributed by atoms with Gasteiger partial charge in [-0.05, 0) is 43.2 Å². The number of nitrogens with zero attached hydrogens (tertiary/aromatic N) is 3. The van der Waals surface area contributed by atoms with Gasteiger partial charge in [-0.25, -0.2) is 9.97 Å². The fraction of sp³-hybridized carbons (Fsp3) is 0.696. The number of pyridine rings is 1. The molecule has 1 saturated carbocycles. The number of alkyl halides is 2. The predicted octanol–water partition coefficient (Wildman–Crippen LogP) is 6.55. The largest absolute Gasteiger partial charge is 0.309 e. The molecule has 29 heavy (non-hydrogen) atoms. The van der Waals surface area contributed by atoms with Crippen molar-refractivity contribution in [1.29, 1.82) is 0 Å². The van der Waals surface area contributed by atoms with Crippen LogP contribution in [0.5, 0.6) is 0 Å². The zero-order valence-electron chi connectivity index (χ0n) is 18.3. The van der Waals surface area contributed by atoms with Crippen LogP contribution in [0.3, 0.4) is 0 Å². The Morgan fingerprint density at radius 3 is 2.48 bits per heavy atom. The highest BCUT2D eigenvalue weighted by atomic mass is 19.3. The third kappa shape index (κ3) is 4.84. The van der Waals surface area contributed by atoms with Crippen LogP contribution < -0.4 is 0 Å². The van der Waals surface area contributed by atoms with Crippen LogP contribution in [0.15, 0.2) is 12.1 Å². The molecule has 0 saturated heterocycles. The standard InChI is InChI=1S/C23H33F2N3O/c1-6-23(24,25)19-13-12-18-21(27-19)28(16-8-7-9-16)20(26-18)15(2)10-11-17(29)14-22(3,4)5/h12-13,15-16H,6-11,14H2,1-5H3. The SMILES string of the molecule is CCC(F)(F)c1ccc2nc(C(C)CCC(=O)CC(C)(C)C)n(C3CCC3)c2n1. The van der Waals surface area contributed by atoms with Crippen LogP contribution in [0.1, 0.15) is 103 Å². The quantitative estimate of drug-likeness (QED) is 0.500. The first-order valence-electron chi connectivity index (χ1n) is 10.8. The van der Waals surface area contributed by atoms with Gasteiger partial charge in [0.1, 0.15) is 22.8 Å². The molecule has 160 valence electrons. The van der Waals surface area contributed by atoms with E-state index in [9.17, 15) is 13.6 Å². The van der Waals surface area contributed by atoms with E-state index in [0.29, 0.717) is 30.4 Å². The minimum Gasteiger partial charge on any atom is -0.309 e. The Kier molecular flexibility index (Phi) is 6.11. The lowest BCUT2D eigenvalue weighted by Gasteiger charge is -2.30. The average molecular weight is 406 g/mol. The zero-order chi connectivity index (χ0) is 21.4. The van der Waals surface area contributed by atoms with Gasteiger partial charge < -0.3 is 4.57 Å². The Hall–Kier alpha value is -1.85. The lowest BCUT2D eigenvalue weighted by Crippen LogP contribution is -2.22. The molecule has 1 fully saturated rings. The van der Waals surface area contributed by atoms with E-state index >= 15 is 0 Å². The predicted molar refractivity (Wildman–Crippen MR) is 111 cm³/mol. The molecular weight excluding hydrogens is 372 g/mol. The number of carbonyl (C=O) groups excluding carboxylic acids is 1. The number of imidazole rings is 1. The fourth-order valence-corrected chi connectivity index (χ4v) is 3.92. The smallest absolute Gasteiger partial charge is 0.289 e. The molecule has 2 aromatic heterocycles. The van der Waals surface area contributed by atoms with Gasteiger partial charge in [-0.1, -0.05) is 34.6 Å². The Morgan fingerprint density at radius 2 is 1.93 bits per heavy atom. The van der Waals surface area contributed by atoms with Gasteiger partial charge in [0.05, 0.1) is 0 Å². The van der Waals surface area contributed by atoms with Crippen LogP contribution >= 0.6 is 0 Å².